The molecule has 130 valence electrons. The van der Waals surface area contributed by atoms with Gasteiger partial charge in [-0.3, -0.25) is 4.79 Å². The minimum absolute atomic E-state index is 0. The van der Waals surface area contributed by atoms with Crippen LogP contribution in [-0.2, 0) is 18.3 Å². The first-order valence-corrected chi connectivity index (χ1v) is 7.55. The minimum atomic E-state index is -0.0246. The number of hydrogen-bond acceptors (Lipinski definition) is 4. The number of carbonyl (C=O) groups excluding carboxylic acids is 1. The number of phenols is 1. The van der Waals surface area contributed by atoms with Gasteiger partial charge in [-0.2, -0.15) is 0 Å². The zero-order valence-electron chi connectivity index (χ0n) is 14.0. The number of hydrogen-bond donors (Lipinski definition) is 1. The van der Waals surface area contributed by atoms with Crippen LogP contribution >= 0.6 is 12.4 Å². The minimum Gasteiger partial charge on any atom is -0.504 e. The Morgan fingerprint density at radius 1 is 1.32 bits per heavy atom. The van der Waals surface area contributed by atoms with Gasteiger partial charge in [0.2, 0.25) is 0 Å². The molecule has 0 atom stereocenters. The maximum Gasteiger partial charge on any atom is 0.160 e. The number of phenolic OH excluding ortho intramolecular Hbond substituents is 1. The summed E-state index contributed by atoms with van der Waals surface area (Å²) in [6.45, 7) is 0. The van der Waals surface area contributed by atoms with Crippen LogP contribution in [0.4, 0.5) is 0 Å². The van der Waals surface area contributed by atoms with Crippen LogP contribution in [0.15, 0.2) is 48.8 Å². The van der Waals surface area contributed by atoms with Crippen LogP contribution in [0.3, 0.4) is 0 Å². The van der Waals surface area contributed by atoms with E-state index < -0.39 is 0 Å². The Balaban J connectivity index is 0.00000225. The molecule has 25 heavy (non-hydrogen) atoms. The molecule has 1 aromatic heterocycles. The third kappa shape index (κ3) is 4.00. The van der Waals surface area contributed by atoms with Crippen molar-refractivity contribution in [1.29, 1.82) is 0 Å². The van der Waals surface area contributed by atoms with Crippen LogP contribution in [0, 0.1) is 0 Å². The Morgan fingerprint density at radius 2 is 2.12 bits per heavy atom. The highest BCUT2D eigenvalue weighted by Gasteiger charge is 2.08. The molecule has 0 saturated heterocycles. The summed E-state index contributed by atoms with van der Waals surface area (Å²) in [7, 11) is 3.42. The average molecular weight is 359 g/mol. The number of para-hydroxylation sites is 1. The van der Waals surface area contributed by atoms with E-state index in [-0.39, 0.29) is 30.4 Å². The molecule has 0 aliphatic heterocycles. The maximum atomic E-state index is 12.2. The second-order valence-corrected chi connectivity index (χ2v) is 5.55. The lowest BCUT2D eigenvalue weighted by Crippen LogP contribution is -1.99. The van der Waals surface area contributed by atoms with E-state index in [0.29, 0.717) is 5.75 Å². The summed E-state index contributed by atoms with van der Waals surface area (Å²) in [4.78, 5) is 16.6. The van der Waals surface area contributed by atoms with Crippen molar-refractivity contribution in [3.8, 4) is 11.5 Å². The zero-order valence-corrected chi connectivity index (χ0v) is 14.8. The molecule has 0 aliphatic carbocycles. The summed E-state index contributed by atoms with van der Waals surface area (Å²) in [6.07, 6.45) is 5.23. The summed E-state index contributed by atoms with van der Waals surface area (Å²) >= 11 is 0. The number of fused-ring (bicyclic) bond motifs is 1. The van der Waals surface area contributed by atoms with Crippen LogP contribution < -0.4 is 4.74 Å². The Labute approximate surface area is 152 Å². The normalized spacial score (nSPS) is 10.8. The molecule has 3 rings (SSSR count). The van der Waals surface area contributed by atoms with Gasteiger partial charge in [-0.25, -0.2) is 4.98 Å². The second-order valence-electron chi connectivity index (χ2n) is 5.55. The number of nitrogens with zero attached hydrogens (tertiary/aromatic N) is 2. The van der Waals surface area contributed by atoms with Crippen molar-refractivity contribution < 1.29 is 14.6 Å². The molecule has 2 aromatic carbocycles. The molecule has 0 bridgehead atoms. The molecule has 3 aromatic rings. The SMILES string of the molecule is COc1ccc(/C=C/C(=O)Cc2cccc3c2ncn3C)cc1O.Cl. The number of aromatic nitrogens is 2. The molecule has 0 unspecified atom stereocenters. The van der Waals surface area contributed by atoms with Crippen molar-refractivity contribution in [3.63, 3.8) is 0 Å². The fraction of sp³-hybridized carbons (Fsp3) is 0.158. The number of halogens is 1. The van der Waals surface area contributed by atoms with Crippen molar-refractivity contribution >= 4 is 35.3 Å². The summed E-state index contributed by atoms with van der Waals surface area (Å²) in [5, 5.41) is 9.76. The van der Waals surface area contributed by atoms with E-state index in [9.17, 15) is 9.90 Å². The van der Waals surface area contributed by atoms with Crippen LogP contribution in [0.1, 0.15) is 11.1 Å². The smallest absolute Gasteiger partial charge is 0.160 e. The molecule has 1 heterocycles. The molecule has 1 N–H and O–H groups in total. The molecular weight excluding hydrogens is 340 g/mol. The van der Waals surface area contributed by atoms with E-state index in [1.54, 1.807) is 30.6 Å². The van der Waals surface area contributed by atoms with Gasteiger partial charge in [-0.15, -0.1) is 12.4 Å². The monoisotopic (exact) mass is 358 g/mol. The quantitative estimate of drug-likeness (QED) is 0.708. The highest BCUT2D eigenvalue weighted by atomic mass is 35.5. The lowest BCUT2D eigenvalue weighted by atomic mass is 10.1. The Bertz CT molecular complexity index is 932. The number of imidazole rings is 1. The summed E-state index contributed by atoms with van der Waals surface area (Å²) < 4.78 is 6.93. The largest absolute Gasteiger partial charge is 0.504 e. The highest BCUT2D eigenvalue weighted by Crippen LogP contribution is 2.26. The number of carbonyl (C=O) groups is 1. The fourth-order valence-electron chi connectivity index (χ4n) is 2.61. The Kier molecular flexibility index (Phi) is 5.83. The zero-order chi connectivity index (χ0) is 17.1. The van der Waals surface area contributed by atoms with Gasteiger partial charge >= 0.3 is 0 Å². The summed E-state index contributed by atoms with van der Waals surface area (Å²) in [5.74, 6) is 0.425. The van der Waals surface area contributed by atoms with Gasteiger partial charge in [0.1, 0.15) is 0 Å². The van der Waals surface area contributed by atoms with E-state index in [2.05, 4.69) is 4.98 Å². The van der Waals surface area contributed by atoms with Crippen LogP contribution in [-0.4, -0.2) is 27.6 Å². The van der Waals surface area contributed by atoms with E-state index in [1.165, 1.54) is 13.2 Å². The van der Waals surface area contributed by atoms with Gasteiger partial charge in [0.25, 0.3) is 0 Å². The molecule has 0 amide bonds. The molecule has 0 aliphatic rings. The summed E-state index contributed by atoms with van der Waals surface area (Å²) in [5.41, 5.74) is 3.49. The van der Waals surface area contributed by atoms with E-state index in [4.69, 9.17) is 4.74 Å². The molecule has 0 fully saturated rings. The number of aromatic hydroxyl groups is 1. The van der Waals surface area contributed by atoms with E-state index in [0.717, 1.165) is 22.2 Å². The maximum absolute atomic E-state index is 12.2. The first kappa shape index (κ1) is 18.5. The molecule has 5 nitrogen and oxygen atoms in total. The Morgan fingerprint density at radius 3 is 2.84 bits per heavy atom. The van der Waals surface area contributed by atoms with Crippen LogP contribution in [0.5, 0.6) is 11.5 Å². The van der Waals surface area contributed by atoms with Gasteiger partial charge in [-0.1, -0.05) is 24.3 Å². The van der Waals surface area contributed by atoms with Gasteiger partial charge in [-0.05, 0) is 35.4 Å². The lowest BCUT2D eigenvalue weighted by molar-refractivity contribution is -0.113. The van der Waals surface area contributed by atoms with Gasteiger partial charge < -0.3 is 14.4 Å². The molecule has 0 saturated carbocycles. The summed E-state index contributed by atoms with van der Waals surface area (Å²) in [6, 6.07) is 10.8. The number of rotatable bonds is 5. The van der Waals surface area contributed by atoms with Crippen molar-refractivity contribution in [2.75, 3.05) is 7.11 Å². The van der Waals surface area contributed by atoms with Gasteiger partial charge in [0, 0.05) is 13.5 Å². The molecular formula is C19H19ClN2O3. The predicted octanol–water partition coefficient (Wildman–Crippen LogP) is 3.53. The molecule has 0 spiro atoms. The number of methoxy groups -OCH3 is 1. The van der Waals surface area contributed by atoms with E-state index >= 15 is 0 Å². The van der Waals surface area contributed by atoms with Gasteiger partial charge in [0.15, 0.2) is 17.3 Å². The average Bonchev–Trinajstić information content (AvgIpc) is 2.96. The van der Waals surface area contributed by atoms with Crippen molar-refractivity contribution in [3.05, 3.63) is 59.9 Å². The van der Waals surface area contributed by atoms with E-state index in [1.807, 2.05) is 29.8 Å². The Hall–Kier alpha value is -2.79. The van der Waals surface area contributed by atoms with Crippen molar-refractivity contribution in [2.24, 2.45) is 7.05 Å². The number of benzene rings is 2. The first-order valence-electron chi connectivity index (χ1n) is 7.55. The second kappa shape index (κ2) is 7.85. The number of allylic oxidation sites excluding steroid dienone is 1. The topological polar surface area (TPSA) is 64.3 Å². The lowest BCUT2D eigenvalue weighted by Gasteiger charge is -2.03. The number of ether oxygens (including phenoxy) is 1. The third-order valence-corrected chi connectivity index (χ3v) is 3.87. The molecule has 6 heteroatoms. The third-order valence-electron chi connectivity index (χ3n) is 3.87. The standard InChI is InChI=1S/C19H18N2O3.ClH/c1-21-12-20-19-14(4-3-5-16(19)21)11-15(22)8-6-13-7-9-18(24-2)17(23)10-13;/h3-10,12,23H,11H2,1-2H3;1H/b8-6+;. The first-order chi connectivity index (χ1) is 11.6. The van der Waals surface area contributed by atoms with Crippen molar-refractivity contribution in [1.82, 2.24) is 9.55 Å². The highest BCUT2D eigenvalue weighted by molar-refractivity contribution is 5.97. The van der Waals surface area contributed by atoms with Gasteiger partial charge in [0.05, 0.1) is 24.5 Å². The molecule has 0 radical (unpaired) electrons. The van der Waals surface area contributed by atoms with Crippen LogP contribution in [0.25, 0.3) is 17.1 Å². The predicted molar refractivity (Wildman–Crippen MR) is 100 cm³/mol. The number of aryl methyl sites for hydroxylation is 1. The number of ketones is 1. The van der Waals surface area contributed by atoms with Crippen LogP contribution in [0.2, 0.25) is 0 Å². The van der Waals surface area contributed by atoms with Crippen molar-refractivity contribution in [2.45, 2.75) is 6.42 Å². The fourth-order valence-corrected chi connectivity index (χ4v) is 2.61.